The van der Waals surface area contributed by atoms with Crippen LogP contribution in [0.3, 0.4) is 0 Å². The molecule has 0 saturated carbocycles. The Bertz CT molecular complexity index is 2700. The minimum Gasteiger partial charge on any atom is -0.332 e. The molecular weight excluding hydrogens is 856 g/mol. The molecule has 0 amide bonds. The maximum atomic E-state index is 6.50. The number of benzene rings is 2. The molecule has 0 bridgehead atoms. The van der Waals surface area contributed by atoms with Crippen molar-refractivity contribution in [3.05, 3.63) is 177 Å². The van der Waals surface area contributed by atoms with Gasteiger partial charge in [-0.2, -0.15) is 0 Å². The van der Waals surface area contributed by atoms with Gasteiger partial charge in [-0.15, -0.1) is 0 Å². The molecule has 2 aromatic carbocycles. The molecule has 0 radical (unpaired) electrons. The number of rotatable bonds is 9. The van der Waals surface area contributed by atoms with E-state index in [1.807, 2.05) is 55.8 Å². The Morgan fingerprint density at radius 2 is 1.15 bits per heavy atom. The summed E-state index contributed by atoms with van der Waals surface area (Å²) < 4.78 is 4.33. The Kier molecular flexibility index (Phi) is 13.7. The van der Waals surface area contributed by atoms with Crippen molar-refractivity contribution in [1.82, 2.24) is 38.9 Å². The molecule has 4 aromatic heterocycles. The van der Waals surface area contributed by atoms with Crippen LogP contribution in [0.2, 0.25) is 10.0 Å². The lowest BCUT2D eigenvalue weighted by atomic mass is 9.76. The zero-order valence-corrected chi connectivity index (χ0v) is 40.9. The number of nitrogens with zero attached hydrogens (tertiary/aromatic N) is 8. The zero-order chi connectivity index (χ0) is 46.0. The zero-order valence-electron chi connectivity index (χ0n) is 39.4. The van der Waals surface area contributed by atoms with Gasteiger partial charge in [0.15, 0.2) is 0 Å². The molecule has 10 heteroatoms. The third-order valence-corrected chi connectivity index (χ3v) is 15.3. The van der Waals surface area contributed by atoms with Gasteiger partial charge in [-0.05, 0) is 200 Å². The van der Waals surface area contributed by atoms with E-state index in [1.54, 1.807) is 0 Å². The van der Waals surface area contributed by atoms with E-state index in [-0.39, 0.29) is 17.0 Å². The average Bonchev–Trinajstić information content (AvgIpc) is 4.04. The monoisotopic (exact) mass is 918 g/mol. The maximum Gasteiger partial charge on any atom is 0.0953 e. The van der Waals surface area contributed by atoms with E-state index in [9.17, 15) is 0 Å². The Balaban J connectivity index is 0.000000166. The number of hydrogen-bond acceptors (Lipinski definition) is 6. The lowest BCUT2D eigenvalue weighted by Crippen LogP contribution is -2.33. The van der Waals surface area contributed by atoms with Crippen LogP contribution in [-0.4, -0.2) is 79.1 Å². The first-order chi connectivity index (χ1) is 31.8. The van der Waals surface area contributed by atoms with Gasteiger partial charge < -0.3 is 18.9 Å². The summed E-state index contributed by atoms with van der Waals surface area (Å²) in [6, 6.07) is 21.4. The van der Waals surface area contributed by atoms with Crippen molar-refractivity contribution >= 4 is 46.5 Å². The summed E-state index contributed by atoms with van der Waals surface area (Å²) in [6.07, 6.45) is 31.3. The van der Waals surface area contributed by atoms with E-state index >= 15 is 0 Å². The Morgan fingerprint density at radius 3 is 1.70 bits per heavy atom. The van der Waals surface area contributed by atoms with E-state index in [1.165, 1.54) is 81.6 Å². The van der Waals surface area contributed by atoms with Gasteiger partial charge in [0.1, 0.15) is 0 Å². The second-order valence-corrected chi connectivity index (χ2v) is 21.0. The third-order valence-electron chi connectivity index (χ3n) is 14.9. The van der Waals surface area contributed by atoms with Gasteiger partial charge in [0.2, 0.25) is 0 Å². The van der Waals surface area contributed by atoms with Crippen LogP contribution in [0.4, 0.5) is 0 Å². The molecule has 0 spiro atoms. The van der Waals surface area contributed by atoms with Gasteiger partial charge in [-0.1, -0.05) is 65.7 Å². The summed E-state index contributed by atoms with van der Waals surface area (Å²) in [5.41, 5.74) is 12.4. The van der Waals surface area contributed by atoms with Crippen LogP contribution in [0.15, 0.2) is 123 Å². The van der Waals surface area contributed by atoms with Crippen LogP contribution < -0.4 is 0 Å². The summed E-state index contributed by atoms with van der Waals surface area (Å²) in [7, 11) is 4.45. The maximum absolute atomic E-state index is 6.50. The molecule has 0 N–H and O–H groups in total. The number of allylic oxidation sites excluding steroid dienone is 4. The molecule has 2 aliphatic carbocycles. The van der Waals surface area contributed by atoms with Crippen molar-refractivity contribution in [1.29, 1.82) is 0 Å². The lowest BCUT2D eigenvalue weighted by Gasteiger charge is -2.35. The predicted molar refractivity (Wildman–Crippen MR) is 273 cm³/mol. The van der Waals surface area contributed by atoms with Crippen molar-refractivity contribution in [3.8, 4) is 0 Å². The first-order valence-corrected chi connectivity index (χ1v) is 24.5. The van der Waals surface area contributed by atoms with Gasteiger partial charge in [-0.3, -0.25) is 9.97 Å². The van der Waals surface area contributed by atoms with Gasteiger partial charge in [0.05, 0.1) is 29.6 Å². The molecule has 2 aliphatic heterocycles. The number of aromatic nitrogens is 6. The van der Waals surface area contributed by atoms with E-state index < -0.39 is 0 Å². The molecule has 2 unspecified atom stereocenters. The second kappa shape index (κ2) is 19.6. The normalized spacial score (nSPS) is 19.6. The fourth-order valence-corrected chi connectivity index (χ4v) is 11.1. The Morgan fingerprint density at radius 1 is 0.636 bits per heavy atom. The standard InChI is InChI=1S/C28H33ClN4.C28H31ClN4/c2*1-28(2,33-16-13-30-19-33)11-8-21-17-22-18-23(29)6-7-24(22)26(20-9-14-32(3)15-10-20)27-25(21)5-4-12-31-27/h4-7,12-13,16-20,26H,8-11,14-15H2,1-3H3;4-8,11-13,16-20,26H,9-10,14-15H2,1-3H3/b;11-8+. The summed E-state index contributed by atoms with van der Waals surface area (Å²) in [6.45, 7) is 13.5. The van der Waals surface area contributed by atoms with Crippen LogP contribution in [-0.2, 0) is 11.1 Å². The number of piperidine rings is 2. The van der Waals surface area contributed by atoms with Gasteiger partial charge in [-0.25, -0.2) is 9.97 Å². The summed E-state index contributed by atoms with van der Waals surface area (Å²) in [4.78, 5) is 23.4. The number of fused-ring (bicyclic) bond motifs is 4. The highest BCUT2D eigenvalue weighted by atomic mass is 35.5. The molecule has 6 heterocycles. The average molecular weight is 920 g/mol. The van der Waals surface area contributed by atoms with Crippen molar-refractivity contribution in [2.24, 2.45) is 11.8 Å². The van der Waals surface area contributed by atoms with E-state index in [2.05, 4.69) is 150 Å². The predicted octanol–water partition coefficient (Wildman–Crippen LogP) is 12.7. The van der Waals surface area contributed by atoms with E-state index in [4.69, 9.17) is 33.2 Å². The highest BCUT2D eigenvalue weighted by Crippen LogP contribution is 2.47. The smallest absolute Gasteiger partial charge is 0.0953 e. The summed E-state index contributed by atoms with van der Waals surface area (Å²) in [5.74, 6) is 1.72. The molecule has 2 atom stereocenters. The number of imidazole rings is 2. The largest absolute Gasteiger partial charge is 0.332 e. The molecular formula is C56H64Cl2N8. The van der Waals surface area contributed by atoms with Crippen LogP contribution in [0.5, 0.6) is 0 Å². The van der Waals surface area contributed by atoms with E-state index in [0.29, 0.717) is 17.8 Å². The van der Waals surface area contributed by atoms with Crippen LogP contribution >= 0.6 is 23.2 Å². The first kappa shape index (κ1) is 46.0. The summed E-state index contributed by atoms with van der Waals surface area (Å²) in [5, 5.41) is 1.57. The molecule has 2 fully saturated rings. The van der Waals surface area contributed by atoms with Crippen molar-refractivity contribution in [2.45, 2.75) is 89.1 Å². The second-order valence-electron chi connectivity index (χ2n) is 20.2. The molecule has 342 valence electrons. The molecule has 10 rings (SSSR count). The van der Waals surface area contributed by atoms with Crippen molar-refractivity contribution < 1.29 is 0 Å². The molecule has 8 nitrogen and oxygen atoms in total. The molecule has 6 aromatic rings. The minimum absolute atomic E-state index is 0.0173. The number of halogens is 2. The fraction of sp³-hybridized carbons (Fsp3) is 0.393. The molecule has 4 aliphatic rings. The van der Waals surface area contributed by atoms with Crippen LogP contribution in [0, 0.1) is 11.8 Å². The molecule has 66 heavy (non-hydrogen) atoms. The first-order valence-electron chi connectivity index (χ1n) is 23.8. The Labute approximate surface area is 402 Å². The van der Waals surface area contributed by atoms with Crippen LogP contribution in [0.1, 0.15) is 123 Å². The van der Waals surface area contributed by atoms with Gasteiger partial charge >= 0.3 is 0 Å². The minimum atomic E-state index is -0.198. The van der Waals surface area contributed by atoms with Gasteiger partial charge in [0.25, 0.3) is 0 Å². The van der Waals surface area contributed by atoms with Crippen molar-refractivity contribution in [2.75, 3.05) is 40.3 Å². The fourth-order valence-electron chi connectivity index (χ4n) is 10.7. The van der Waals surface area contributed by atoms with E-state index in [0.717, 1.165) is 49.1 Å². The molecule has 2 saturated heterocycles. The van der Waals surface area contributed by atoms with Crippen LogP contribution in [0.25, 0.3) is 23.3 Å². The third kappa shape index (κ3) is 9.94. The topological polar surface area (TPSA) is 67.9 Å². The van der Waals surface area contributed by atoms with Crippen molar-refractivity contribution in [3.63, 3.8) is 0 Å². The number of hydrogen-bond donors (Lipinski definition) is 0. The highest BCUT2D eigenvalue weighted by molar-refractivity contribution is 6.31. The SMILES string of the molecule is CN1CCC(C2c3ccc(Cl)cc3C=C(/C=C/C(C)(C)n3ccnc3)c3cccnc32)CC1.CN1CCC(C2c3ccc(Cl)cc3C=C(CCC(C)(C)n3ccnc3)c3cccnc32)CC1. The quantitative estimate of drug-likeness (QED) is 0.144. The lowest BCUT2D eigenvalue weighted by molar-refractivity contribution is 0.206. The van der Waals surface area contributed by atoms with Gasteiger partial charge in [0, 0.05) is 70.2 Å². The Hall–Kier alpha value is -5.12. The number of likely N-dealkylation sites (tertiary alicyclic amines) is 2. The highest BCUT2D eigenvalue weighted by Gasteiger charge is 2.36. The number of pyridine rings is 2. The summed E-state index contributed by atoms with van der Waals surface area (Å²) >= 11 is 13.0.